The molecule has 0 aromatic carbocycles. The monoisotopic (exact) mass is 379 g/mol. The molecule has 4 heteroatoms. The zero-order valence-electron chi connectivity index (χ0n) is 19.0. The van der Waals surface area contributed by atoms with Gasteiger partial charge in [-0.05, 0) is 85.7 Å². The second-order valence-electron chi connectivity index (χ2n) is 10.6. The van der Waals surface area contributed by atoms with Crippen LogP contribution in [0.5, 0.6) is 0 Å². The summed E-state index contributed by atoms with van der Waals surface area (Å²) in [4.78, 5) is 7.61. The summed E-state index contributed by atoms with van der Waals surface area (Å²) in [5.74, 6) is 0. The summed E-state index contributed by atoms with van der Waals surface area (Å²) in [5.41, 5.74) is 1.32. The van der Waals surface area contributed by atoms with Crippen LogP contribution in [0.3, 0.4) is 0 Å². The van der Waals surface area contributed by atoms with Gasteiger partial charge >= 0.3 is 0 Å². The zero-order valence-corrected chi connectivity index (χ0v) is 19.0. The first-order valence-electron chi connectivity index (χ1n) is 11.6. The molecule has 4 saturated heterocycles. The van der Waals surface area contributed by atoms with Crippen molar-refractivity contribution in [3.63, 3.8) is 0 Å². The fourth-order valence-electron chi connectivity index (χ4n) is 5.04. The summed E-state index contributed by atoms with van der Waals surface area (Å²) in [6.45, 7) is 22.3. The molecule has 0 unspecified atom stereocenters. The lowest BCUT2D eigenvalue weighted by molar-refractivity contribution is -0.202. The lowest BCUT2D eigenvalue weighted by Gasteiger charge is -2.59. The van der Waals surface area contributed by atoms with E-state index in [2.05, 4.69) is 56.2 Å². The van der Waals surface area contributed by atoms with Crippen molar-refractivity contribution in [2.45, 2.75) is 97.3 Å². The highest BCUT2D eigenvalue weighted by molar-refractivity contribution is 5.05. The van der Waals surface area contributed by atoms with E-state index < -0.39 is 0 Å². The van der Waals surface area contributed by atoms with Gasteiger partial charge in [0, 0.05) is 37.8 Å². The van der Waals surface area contributed by atoms with Crippen LogP contribution in [0.1, 0.15) is 73.6 Å². The lowest BCUT2D eigenvalue weighted by atomic mass is 9.63. The topological polar surface area (TPSA) is 19.0 Å². The number of rotatable bonds is 3. The van der Waals surface area contributed by atoms with E-state index in [1.54, 1.807) is 0 Å². The van der Waals surface area contributed by atoms with E-state index in [9.17, 15) is 0 Å². The summed E-state index contributed by atoms with van der Waals surface area (Å²) in [7, 11) is 0. The van der Waals surface area contributed by atoms with Gasteiger partial charge in [0.1, 0.15) is 0 Å². The van der Waals surface area contributed by atoms with E-state index in [1.165, 1.54) is 64.8 Å². The third kappa shape index (κ3) is 4.71. The highest BCUT2D eigenvalue weighted by Gasteiger charge is 2.51. The standard InChI is InChI=1S/C9H17N.C8H15NO.C6H13N/c1-8(2)10-6-9(7-10)4-3-5-9;1-7(2)9-4-3-8(9)5-10-6-8;1-6(2)7-4-3-5-7/h8H,3-7H2,1-2H3;7H,3-6H2,1-2H3;6H,3-5H2,1-2H3. The van der Waals surface area contributed by atoms with E-state index >= 15 is 0 Å². The Morgan fingerprint density at radius 2 is 1.26 bits per heavy atom. The van der Waals surface area contributed by atoms with Crippen molar-refractivity contribution in [2.24, 2.45) is 5.41 Å². The van der Waals surface area contributed by atoms with Crippen LogP contribution in [0.15, 0.2) is 0 Å². The van der Waals surface area contributed by atoms with Gasteiger partial charge in [-0.2, -0.15) is 0 Å². The molecule has 0 aromatic rings. The molecule has 0 amide bonds. The molecule has 0 bridgehead atoms. The van der Waals surface area contributed by atoms with Crippen molar-refractivity contribution in [1.29, 1.82) is 0 Å². The Morgan fingerprint density at radius 3 is 1.41 bits per heavy atom. The second-order valence-corrected chi connectivity index (χ2v) is 10.6. The summed E-state index contributed by atoms with van der Waals surface area (Å²) in [6.07, 6.45) is 7.28. The summed E-state index contributed by atoms with van der Waals surface area (Å²) >= 11 is 0. The first kappa shape index (κ1) is 21.5. The Bertz CT molecular complexity index is 451. The summed E-state index contributed by atoms with van der Waals surface area (Å²) in [6, 6.07) is 2.28. The number of ether oxygens (including phenoxy) is 1. The maximum Gasteiger partial charge on any atom is 0.0693 e. The Balaban J connectivity index is 0.000000119. The van der Waals surface area contributed by atoms with Gasteiger partial charge in [0.15, 0.2) is 0 Å². The molecule has 0 radical (unpaired) electrons. The van der Waals surface area contributed by atoms with Gasteiger partial charge in [0.2, 0.25) is 0 Å². The molecule has 27 heavy (non-hydrogen) atoms. The number of nitrogens with zero attached hydrogens (tertiary/aromatic N) is 3. The highest BCUT2D eigenvalue weighted by Crippen LogP contribution is 2.48. The third-order valence-electron chi connectivity index (χ3n) is 7.63. The largest absolute Gasteiger partial charge is 0.377 e. The molecule has 1 aliphatic carbocycles. The van der Waals surface area contributed by atoms with Crippen LogP contribution >= 0.6 is 0 Å². The van der Waals surface area contributed by atoms with Crippen LogP contribution in [0.2, 0.25) is 0 Å². The van der Waals surface area contributed by atoms with Crippen molar-refractivity contribution >= 4 is 0 Å². The quantitative estimate of drug-likeness (QED) is 0.741. The van der Waals surface area contributed by atoms with Gasteiger partial charge < -0.3 is 9.64 Å². The third-order valence-corrected chi connectivity index (χ3v) is 7.63. The minimum absolute atomic E-state index is 0.494. The average Bonchev–Trinajstić information content (AvgIpc) is 2.28. The van der Waals surface area contributed by atoms with Gasteiger partial charge in [-0.25, -0.2) is 0 Å². The van der Waals surface area contributed by atoms with Crippen molar-refractivity contribution in [2.75, 3.05) is 45.9 Å². The predicted molar refractivity (Wildman–Crippen MR) is 114 cm³/mol. The van der Waals surface area contributed by atoms with E-state index in [1.807, 2.05) is 0 Å². The van der Waals surface area contributed by atoms with Crippen LogP contribution in [0.4, 0.5) is 0 Å². The fraction of sp³-hybridized carbons (Fsp3) is 1.00. The normalized spacial score (nSPS) is 28.3. The van der Waals surface area contributed by atoms with Crippen LogP contribution in [-0.2, 0) is 4.74 Å². The molecule has 5 fully saturated rings. The maximum atomic E-state index is 5.22. The Morgan fingerprint density at radius 1 is 0.667 bits per heavy atom. The molecule has 1 saturated carbocycles. The van der Waals surface area contributed by atoms with Crippen molar-refractivity contribution in [3.8, 4) is 0 Å². The first-order chi connectivity index (χ1) is 12.8. The molecule has 0 aromatic heterocycles. The number of likely N-dealkylation sites (tertiary alicyclic amines) is 3. The first-order valence-corrected chi connectivity index (χ1v) is 11.6. The molecule has 4 heterocycles. The van der Waals surface area contributed by atoms with Crippen molar-refractivity contribution in [1.82, 2.24) is 14.7 Å². The lowest BCUT2D eigenvalue weighted by Crippen LogP contribution is -2.72. The average molecular weight is 380 g/mol. The Labute approximate surface area is 168 Å². The van der Waals surface area contributed by atoms with Gasteiger partial charge in [-0.3, -0.25) is 9.80 Å². The van der Waals surface area contributed by atoms with Gasteiger partial charge in [-0.15, -0.1) is 0 Å². The van der Waals surface area contributed by atoms with Crippen LogP contribution < -0.4 is 0 Å². The molecule has 0 N–H and O–H groups in total. The highest BCUT2D eigenvalue weighted by atomic mass is 16.5. The van der Waals surface area contributed by atoms with Crippen molar-refractivity contribution < 1.29 is 4.74 Å². The van der Waals surface area contributed by atoms with E-state index in [4.69, 9.17) is 4.74 Å². The van der Waals surface area contributed by atoms with Crippen LogP contribution in [0, 0.1) is 5.41 Å². The fourth-order valence-corrected chi connectivity index (χ4v) is 5.04. The van der Waals surface area contributed by atoms with Gasteiger partial charge in [-0.1, -0.05) is 6.42 Å². The SMILES string of the molecule is CC(C)N1CC2(CCC2)C1.CC(C)N1CCC1.CC(C)N1CCC12COC2. The molecule has 2 spiro atoms. The maximum absolute atomic E-state index is 5.22. The van der Waals surface area contributed by atoms with Crippen LogP contribution in [0.25, 0.3) is 0 Å². The molecule has 5 rings (SSSR count). The molecule has 0 atom stereocenters. The number of hydrogen-bond acceptors (Lipinski definition) is 4. The van der Waals surface area contributed by atoms with Gasteiger partial charge in [0.25, 0.3) is 0 Å². The molecule has 5 aliphatic rings. The molecule has 158 valence electrons. The minimum Gasteiger partial charge on any atom is -0.377 e. The molecular weight excluding hydrogens is 334 g/mol. The van der Waals surface area contributed by atoms with Crippen molar-refractivity contribution in [3.05, 3.63) is 0 Å². The van der Waals surface area contributed by atoms with E-state index in [-0.39, 0.29) is 0 Å². The molecular formula is C23H45N3O. The Hall–Kier alpha value is -0.160. The second kappa shape index (κ2) is 8.69. The van der Waals surface area contributed by atoms with E-state index in [0.717, 1.165) is 30.7 Å². The summed E-state index contributed by atoms with van der Waals surface area (Å²) < 4.78 is 5.22. The number of hydrogen-bond donors (Lipinski definition) is 0. The summed E-state index contributed by atoms with van der Waals surface area (Å²) in [5, 5.41) is 0. The van der Waals surface area contributed by atoms with E-state index in [0.29, 0.717) is 11.6 Å². The molecule has 4 nitrogen and oxygen atoms in total. The Kier molecular flexibility index (Phi) is 6.93. The predicted octanol–water partition coefficient (Wildman–Crippen LogP) is 3.85. The minimum atomic E-state index is 0.494. The van der Waals surface area contributed by atoms with Gasteiger partial charge in [0.05, 0.1) is 18.8 Å². The smallest absolute Gasteiger partial charge is 0.0693 e. The zero-order chi connectivity index (χ0) is 19.7. The van der Waals surface area contributed by atoms with Crippen LogP contribution in [-0.4, -0.2) is 84.3 Å². The molecule has 4 aliphatic heterocycles.